The second-order valence-electron chi connectivity index (χ2n) is 2.41. The molecule has 0 aliphatic rings. The fraction of sp³-hybridized carbons (Fsp3) is 0.800. The van der Waals surface area contributed by atoms with Crippen LogP contribution in [0.25, 0.3) is 0 Å². The Bertz CT molecular complexity index is 33.9. The van der Waals surface area contributed by atoms with E-state index in [9.17, 15) is 0 Å². The number of unbranched alkanes of at least 4 members (excludes halogenated alkanes) is 4. The van der Waals surface area contributed by atoms with Crippen molar-refractivity contribution in [3.63, 3.8) is 0 Å². The van der Waals surface area contributed by atoms with Crippen LogP contribution in [0.4, 0.5) is 0 Å². The van der Waals surface area contributed by atoms with E-state index in [1.807, 2.05) is 0 Å². The molecule has 3 heteroatoms. The molecule has 0 nitrogen and oxygen atoms in total. The third-order valence-corrected chi connectivity index (χ3v) is 1.21. The van der Waals surface area contributed by atoms with Gasteiger partial charge >= 0.3 is 23.9 Å². The minimum absolute atomic E-state index is 0. The third-order valence-electron chi connectivity index (χ3n) is 1.21. The molecule has 0 atom stereocenters. The SMILES string of the molecule is [CH2-]CCCC.[CH2-]CCCC.[Cl-].[Cl-].[Sn+4]. The Kier molecular flexibility index (Phi) is 84.7. The van der Waals surface area contributed by atoms with Crippen molar-refractivity contribution >= 4 is 23.9 Å². The van der Waals surface area contributed by atoms with Gasteiger partial charge in [0, 0.05) is 0 Å². The first kappa shape index (κ1) is 29.3. The summed E-state index contributed by atoms with van der Waals surface area (Å²) >= 11 is 0. The van der Waals surface area contributed by atoms with Gasteiger partial charge in [-0.15, -0.1) is 0 Å². The quantitative estimate of drug-likeness (QED) is 0.400. The molecule has 0 rings (SSSR count). The molecule has 0 saturated heterocycles. The van der Waals surface area contributed by atoms with Crippen LogP contribution in [0, 0.1) is 13.8 Å². The van der Waals surface area contributed by atoms with Crippen LogP contribution in [-0.4, -0.2) is 23.9 Å². The molecule has 0 heterocycles. The van der Waals surface area contributed by atoms with Crippen LogP contribution < -0.4 is 24.8 Å². The summed E-state index contributed by atoms with van der Waals surface area (Å²) in [4.78, 5) is 0. The maximum atomic E-state index is 3.68. The van der Waals surface area contributed by atoms with E-state index >= 15 is 0 Å². The Morgan fingerprint density at radius 3 is 1.00 bits per heavy atom. The van der Waals surface area contributed by atoms with Gasteiger partial charge in [-0.2, -0.15) is 12.8 Å². The molecule has 0 aliphatic heterocycles. The van der Waals surface area contributed by atoms with Crippen molar-refractivity contribution in [3.8, 4) is 0 Å². The van der Waals surface area contributed by atoms with Gasteiger partial charge in [0.2, 0.25) is 0 Å². The van der Waals surface area contributed by atoms with E-state index in [4.69, 9.17) is 0 Å². The minimum atomic E-state index is 0. The maximum absolute atomic E-state index is 3.68. The Labute approximate surface area is 114 Å². The summed E-state index contributed by atoms with van der Waals surface area (Å²) in [5.74, 6) is 0. The van der Waals surface area contributed by atoms with Crippen LogP contribution in [0.5, 0.6) is 0 Å². The molecule has 80 valence electrons. The number of halogens is 2. The molecular formula is C10H22Cl2Sn. The first-order valence-corrected chi connectivity index (χ1v) is 4.41. The first-order chi connectivity index (χ1) is 4.83. The van der Waals surface area contributed by atoms with Crippen molar-refractivity contribution in [2.75, 3.05) is 0 Å². The topological polar surface area (TPSA) is 0 Å². The number of hydrogen-bond acceptors (Lipinski definition) is 0. The van der Waals surface area contributed by atoms with E-state index in [2.05, 4.69) is 27.7 Å². The second kappa shape index (κ2) is 37.7. The normalized spacial score (nSPS) is 6.46. The number of rotatable bonds is 4. The molecule has 0 saturated carbocycles. The monoisotopic (exact) mass is 332 g/mol. The van der Waals surface area contributed by atoms with E-state index in [0.29, 0.717) is 0 Å². The van der Waals surface area contributed by atoms with Gasteiger partial charge in [0.15, 0.2) is 0 Å². The van der Waals surface area contributed by atoms with Crippen molar-refractivity contribution in [1.82, 2.24) is 0 Å². The van der Waals surface area contributed by atoms with Crippen molar-refractivity contribution in [3.05, 3.63) is 13.8 Å². The van der Waals surface area contributed by atoms with E-state index in [-0.39, 0.29) is 48.7 Å². The van der Waals surface area contributed by atoms with Crippen LogP contribution in [0.15, 0.2) is 0 Å². The van der Waals surface area contributed by atoms with Gasteiger partial charge in [-0.05, 0) is 0 Å². The fourth-order valence-electron chi connectivity index (χ4n) is 0.500. The minimum Gasteiger partial charge on any atom is -1.00 e. The standard InChI is InChI=1S/2C5H11.2ClH.Sn/c2*1-3-5-4-2;;;/h2*1,3-5H2,2H3;2*1H;/q2*-1;;;+4/p-2. The molecule has 0 unspecified atom stereocenters. The van der Waals surface area contributed by atoms with Gasteiger partial charge < -0.3 is 38.7 Å². The van der Waals surface area contributed by atoms with Gasteiger partial charge in [-0.25, -0.2) is 0 Å². The van der Waals surface area contributed by atoms with Crippen LogP contribution >= 0.6 is 0 Å². The molecule has 0 aromatic heterocycles. The average molecular weight is 332 g/mol. The van der Waals surface area contributed by atoms with E-state index in [1.54, 1.807) is 0 Å². The van der Waals surface area contributed by atoms with Crippen LogP contribution in [0.2, 0.25) is 0 Å². The van der Waals surface area contributed by atoms with Crippen molar-refractivity contribution in [2.24, 2.45) is 0 Å². The zero-order valence-corrected chi connectivity index (χ0v) is 13.3. The first-order valence-electron chi connectivity index (χ1n) is 4.41. The zero-order valence-electron chi connectivity index (χ0n) is 8.91. The fourth-order valence-corrected chi connectivity index (χ4v) is 0.500. The average Bonchev–Trinajstić information content (AvgIpc) is 1.93. The van der Waals surface area contributed by atoms with Crippen molar-refractivity contribution < 1.29 is 24.8 Å². The molecule has 0 fully saturated rings. The molecule has 0 N–H and O–H groups in total. The molecule has 0 aromatic carbocycles. The molecule has 0 amide bonds. The molecule has 13 heavy (non-hydrogen) atoms. The van der Waals surface area contributed by atoms with Crippen LogP contribution in [0.3, 0.4) is 0 Å². The van der Waals surface area contributed by atoms with Crippen LogP contribution in [-0.2, 0) is 0 Å². The Balaban J connectivity index is -0.0000000267. The Morgan fingerprint density at radius 1 is 0.769 bits per heavy atom. The molecule has 0 spiro atoms. The molecule has 0 aliphatic carbocycles. The van der Waals surface area contributed by atoms with Gasteiger partial charge in [0.25, 0.3) is 0 Å². The Hall–Kier alpha value is 1.38. The summed E-state index contributed by atoms with van der Waals surface area (Å²) in [5, 5.41) is 0. The van der Waals surface area contributed by atoms with Gasteiger partial charge in [-0.3, -0.25) is 0 Å². The van der Waals surface area contributed by atoms with Crippen molar-refractivity contribution in [2.45, 2.75) is 52.4 Å². The largest absolute Gasteiger partial charge is 4.00 e. The summed E-state index contributed by atoms with van der Waals surface area (Å²) in [6, 6.07) is 0. The van der Waals surface area contributed by atoms with Crippen molar-refractivity contribution in [1.29, 1.82) is 0 Å². The molecule has 0 radical (unpaired) electrons. The number of hydrogen-bond donors (Lipinski definition) is 0. The maximum Gasteiger partial charge on any atom is 4.00 e. The summed E-state index contributed by atoms with van der Waals surface area (Å²) in [5.41, 5.74) is 0. The predicted molar refractivity (Wildman–Crippen MR) is 55.5 cm³/mol. The predicted octanol–water partition coefficient (Wildman–Crippen LogP) is -2.35. The molecule has 0 aromatic rings. The smallest absolute Gasteiger partial charge is 1.00 e. The second-order valence-corrected chi connectivity index (χ2v) is 2.41. The van der Waals surface area contributed by atoms with Gasteiger partial charge in [-0.1, -0.05) is 39.5 Å². The third kappa shape index (κ3) is 59.9. The van der Waals surface area contributed by atoms with Gasteiger partial charge in [0.1, 0.15) is 0 Å². The summed E-state index contributed by atoms with van der Waals surface area (Å²) in [7, 11) is 0. The zero-order chi connectivity index (χ0) is 8.24. The van der Waals surface area contributed by atoms with E-state index in [1.165, 1.54) is 25.7 Å². The molecular weight excluding hydrogens is 310 g/mol. The summed E-state index contributed by atoms with van der Waals surface area (Å²) < 4.78 is 0. The van der Waals surface area contributed by atoms with E-state index < -0.39 is 0 Å². The van der Waals surface area contributed by atoms with Gasteiger partial charge in [0.05, 0.1) is 0 Å². The van der Waals surface area contributed by atoms with Crippen LogP contribution in [0.1, 0.15) is 52.4 Å². The summed E-state index contributed by atoms with van der Waals surface area (Å²) in [6.45, 7) is 11.7. The Morgan fingerprint density at radius 2 is 1.00 bits per heavy atom. The molecule has 0 bridgehead atoms. The van der Waals surface area contributed by atoms with E-state index in [0.717, 1.165) is 12.8 Å². The summed E-state index contributed by atoms with van der Waals surface area (Å²) in [6.07, 6.45) is 7.31.